The molecule has 0 aliphatic rings. The molecule has 0 aliphatic carbocycles. The number of anilines is 1. The minimum atomic E-state index is -0.484. The summed E-state index contributed by atoms with van der Waals surface area (Å²) >= 11 is 0. The molecule has 2 aromatic rings. The van der Waals surface area contributed by atoms with Crippen molar-refractivity contribution in [2.45, 2.75) is 27.7 Å². The van der Waals surface area contributed by atoms with E-state index in [4.69, 9.17) is 4.74 Å². The summed E-state index contributed by atoms with van der Waals surface area (Å²) in [6.45, 7) is 6.44. The number of aryl methyl sites for hydroxylation is 2. The van der Waals surface area contributed by atoms with Gasteiger partial charge in [0, 0.05) is 50.0 Å². The molecule has 2 aromatic carbocycles. The Labute approximate surface area is 158 Å². The molecule has 0 aliphatic heterocycles. The first kappa shape index (κ1) is 21.8. The van der Waals surface area contributed by atoms with Gasteiger partial charge < -0.3 is 9.64 Å². The molecule has 0 N–H and O–H groups in total. The van der Waals surface area contributed by atoms with Crippen molar-refractivity contribution < 1.29 is 19.2 Å². The Kier molecular flexibility index (Phi) is 7.65. The molecule has 0 saturated heterocycles. The van der Waals surface area contributed by atoms with Crippen molar-refractivity contribution in [1.29, 1.82) is 0 Å². The number of nitro benzene ring substituents is 1. The number of benzene rings is 2. The van der Waals surface area contributed by atoms with E-state index < -0.39 is 4.92 Å². The lowest BCUT2D eigenvalue weighted by Crippen LogP contribution is -2.11. The van der Waals surface area contributed by atoms with Gasteiger partial charge in [-0.3, -0.25) is 19.7 Å². The second kappa shape index (κ2) is 9.47. The van der Waals surface area contributed by atoms with E-state index >= 15 is 0 Å². The highest BCUT2D eigenvalue weighted by Gasteiger charge is 2.12. The van der Waals surface area contributed by atoms with Gasteiger partial charge in [0.25, 0.3) is 5.69 Å². The number of carbonyl (C=O) groups excluding carboxylic acids is 2. The van der Waals surface area contributed by atoms with Gasteiger partial charge in [0.2, 0.25) is 0 Å². The molecule has 0 atom stereocenters. The number of ether oxygens (including phenoxy) is 1. The summed E-state index contributed by atoms with van der Waals surface area (Å²) in [4.78, 5) is 33.6. The van der Waals surface area contributed by atoms with Crippen LogP contribution in [0.15, 0.2) is 36.4 Å². The summed E-state index contributed by atoms with van der Waals surface area (Å²) in [6, 6.07) is 10.1. The van der Waals surface area contributed by atoms with E-state index in [1.54, 1.807) is 25.1 Å². The van der Waals surface area contributed by atoms with E-state index in [9.17, 15) is 19.7 Å². The number of hydrogen-bond donors (Lipinski definition) is 0. The first-order chi connectivity index (χ1) is 12.5. The molecule has 7 nitrogen and oxygen atoms in total. The number of esters is 1. The number of hydrogen-bond acceptors (Lipinski definition) is 6. The third-order valence-corrected chi connectivity index (χ3v) is 3.74. The predicted octanol–water partition coefficient (Wildman–Crippen LogP) is 4.09. The van der Waals surface area contributed by atoms with Crippen LogP contribution in [0.2, 0.25) is 0 Å². The predicted molar refractivity (Wildman–Crippen MR) is 105 cm³/mol. The number of nitrogens with zero attached hydrogens (tertiary/aromatic N) is 2. The molecular weight excluding hydrogens is 348 g/mol. The SMILES string of the molecule is CC(=O)Oc1ccc(C)c(N(C)C)c1.CC(=O)c1ccc(C)c([N+](=O)[O-])c1. The molecular formula is C20H24N2O5. The van der Waals surface area contributed by atoms with E-state index in [-0.39, 0.29) is 17.4 Å². The van der Waals surface area contributed by atoms with E-state index in [1.165, 1.54) is 19.9 Å². The summed E-state index contributed by atoms with van der Waals surface area (Å²) < 4.78 is 4.99. The number of Topliss-reactive ketones (excluding diaryl/α,β-unsaturated/α-hetero) is 1. The minimum absolute atomic E-state index is 0.00676. The molecule has 0 radical (unpaired) electrons. The number of rotatable bonds is 4. The third-order valence-electron chi connectivity index (χ3n) is 3.74. The lowest BCUT2D eigenvalue weighted by molar-refractivity contribution is -0.385. The largest absolute Gasteiger partial charge is 0.427 e. The van der Waals surface area contributed by atoms with Crippen LogP contribution in [0.1, 0.15) is 35.3 Å². The lowest BCUT2D eigenvalue weighted by Gasteiger charge is -2.16. The van der Waals surface area contributed by atoms with Crippen LogP contribution in [0, 0.1) is 24.0 Å². The Balaban J connectivity index is 0.000000271. The minimum Gasteiger partial charge on any atom is -0.427 e. The second-order valence-electron chi connectivity index (χ2n) is 6.25. The Morgan fingerprint density at radius 2 is 1.59 bits per heavy atom. The number of carbonyl (C=O) groups is 2. The number of ketones is 1. The van der Waals surface area contributed by atoms with Crippen LogP contribution in [0.25, 0.3) is 0 Å². The number of nitro groups is 1. The van der Waals surface area contributed by atoms with Crippen LogP contribution in [-0.2, 0) is 4.79 Å². The molecule has 0 saturated carbocycles. The van der Waals surface area contributed by atoms with E-state index in [0.29, 0.717) is 16.9 Å². The summed E-state index contributed by atoms with van der Waals surface area (Å²) in [6.07, 6.45) is 0. The summed E-state index contributed by atoms with van der Waals surface area (Å²) in [7, 11) is 3.92. The molecule has 0 amide bonds. The van der Waals surface area contributed by atoms with E-state index in [1.807, 2.05) is 38.1 Å². The standard InChI is InChI=1S/C11H15NO2.C9H9NO3/c1-8-5-6-10(14-9(2)13)7-11(8)12(3)4;1-6-3-4-8(7(2)11)5-9(6)10(12)13/h5-7H,1-4H3;3-5H,1-2H3. The second-order valence-corrected chi connectivity index (χ2v) is 6.25. The molecule has 0 heterocycles. The smallest absolute Gasteiger partial charge is 0.308 e. The average Bonchev–Trinajstić information content (AvgIpc) is 2.56. The zero-order valence-corrected chi connectivity index (χ0v) is 16.4. The van der Waals surface area contributed by atoms with E-state index in [2.05, 4.69) is 0 Å². The molecule has 0 fully saturated rings. The lowest BCUT2D eigenvalue weighted by atomic mass is 10.1. The fourth-order valence-corrected chi connectivity index (χ4v) is 2.33. The van der Waals surface area contributed by atoms with Crippen molar-refractivity contribution >= 4 is 23.1 Å². The Hall–Kier alpha value is -3.22. The van der Waals surface area contributed by atoms with Crippen molar-refractivity contribution in [3.05, 3.63) is 63.2 Å². The summed E-state index contributed by atoms with van der Waals surface area (Å²) in [5.41, 5.74) is 3.15. The maximum absolute atomic E-state index is 10.9. The molecule has 144 valence electrons. The van der Waals surface area contributed by atoms with Gasteiger partial charge in [0.15, 0.2) is 5.78 Å². The topological polar surface area (TPSA) is 89.8 Å². The van der Waals surface area contributed by atoms with Crippen molar-refractivity contribution in [2.75, 3.05) is 19.0 Å². The molecule has 0 bridgehead atoms. The molecule has 27 heavy (non-hydrogen) atoms. The van der Waals surface area contributed by atoms with Crippen LogP contribution >= 0.6 is 0 Å². The van der Waals surface area contributed by atoms with E-state index in [0.717, 1.165) is 11.3 Å². The van der Waals surface area contributed by atoms with Crippen molar-refractivity contribution in [3.63, 3.8) is 0 Å². The molecule has 0 aromatic heterocycles. The van der Waals surface area contributed by atoms with Gasteiger partial charge in [-0.15, -0.1) is 0 Å². The van der Waals surface area contributed by atoms with Gasteiger partial charge >= 0.3 is 5.97 Å². The highest BCUT2D eigenvalue weighted by molar-refractivity contribution is 5.94. The highest BCUT2D eigenvalue weighted by Crippen LogP contribution is 2.24. The Morgan fingerprint density at radius 1 is 1.00 bits per heavy atom. The van der Waals surface area contributed by atoms with Gasteiger partial charge in [-0.25, -0.2) is 0 Å². The molecule has 0 unspecified atom stereocenters. The van der Waals surface area contributed by atoms with Gasteiger partial charge in [-0.2, -0.15) is 0 Å². The van der Waals surface area contributed by atoms with Crippen LogP contribution < -0.4 is 9.64 Å². The molecule has 0 spiro atoms. The molecule has 7 heteroatoms. The van der Waals surface area contributed by atoms with Crippen molar-refractivity contribution in [1.82, 2.24) is 0 Å². The zero-order chi connectivity index (χ0) is 20.7. The monoisotopic (exact) mass is 372 g/mol. The van der Waals surface area contributed by atoms with Gasteiger partial charge in [-0.1, -0.05) is 18.2 Å². The summed E-state index contributed by atoms with van der Waals surface area (Å²) in [5, 5.41) is 10.5. The molecule has 2 rings (SSSR count). The first-order valence-corrected chi connectivity index (χ1v) is 8.25. The Morgan fingerprint density at radius 3 is 2.07 bits per heavy atom. The summed E-state index contributed by atoms with van der Waals surface area (Å²) in [5.74, 6) is 0.133. The van der Waals surface area contributed by atoms with Crippen molar-refractivity contribution in [2.24, 2.45) is 0 Å². The van der Waals surface area contributed by atoms with Crippen LogP contribution in [0.4, 0.5) is 11.4 Å². The van der Waals surface area contributed by atoms with Crippen molar-refractivity contribution in [3.8, 4) is 5.75 Å². The van der Waals surface area contributed by atoms with Crippen LogP contribution in [0.5, 0.6) is 5.75 Å². The average molecular weight is 372 g/mol. The fourth-order valence-electron chi connectivity index (χ4n) is 2.33. The highest BCUT2D eigenvalue weighted by atomic mass is 16.6. The van der Waals surface area contributed by atoms with Gasteiger partial charge in [0.1, 0.15) is 5.75 Å². The maximum Gasteiger partial charge on any atom is 0.308 e. The van der Waals surface area contributed by atoms with Gasteiger partial charge in [0.05, 0.1) is 4.92 Å². The van der Waals surface area contributed by atoms with Crippen LogP contribution in [0.3, 0.4) is 0 Å². The van der Waals surface area contributed by atoms with Gasteiger partial charge in [-0.05, 0) is 32.4 Å². The third kappa shape index (κ3) is 6.54. The Bertz CT molecular complexity index is 859. The van der Waals surface area contributed by atoms with Crippen LogP contribution in [-0.4, -0.2) is 30.8 Å². The normalized spacial score (nSPS) is 9.70. The first-order valence-electron chi connectivity index (χ1n) is 8.25. The zero-order valence-electron chi connectivity index (χ0n) is 16.4. The maximum atomic E-state index is 10.9. The quantitative estimate of drug-likeness (QED) is 0.264. The fraction of sp³-hybridized carbons (Fsp3) is 0.300.